The molecule has 3 rings (SSSR count). The van der Waals surface area contributed by atoms with Gasteiger partial charge in [-0.1, -0.05) is 27.7 Å². The Morgan fingerprint density at radius 1 is 1.17 bits per heavy atom. The first-order valence-electron chi connectivity index (χ1n) is 9.87. The fourth-order valence-corrected chi connectivity index (χ4v) is 4.25. The maximum atomic E-state index is 12.3. The van der Waals surface area contributed by atoms with Gasteiger partial charge >= 0.3 is 5.97 Å². The molecule has 29 heavy (non-hydrogen) atoms. The minimum absolute atomic E-state index is 0.0986. The molecule has 6 heteroatoms. The van der Waals surface area contributed by atoms with Gasteiger partial charge in [0.1, 0.15) is 4.88 Å². The van der Waals surface area contributed by atoms with E-state index in [0.717, 1.165) is 19.3 Å². The van der Waals surface area contributed by atoms with Crippen LogP contribution in [0.3, 0.4) is 0 Å². The zero-order valence-corrected chi connectivity index (χ0v) is 18.2. The van der Waals surface area contributed by atoms with Gasteiger partial charge in [0.25, 0.3) is 0 Å². The fraction of sp³-hybridized carbons (Fsp3) is 0.435. The quantitative estimate of drug-likeness (QED) is 0.559. The number of benzene rings is 1. The number of Topliss-reactive ketones (excluding diaryl/α,β-unsaturated/α-hetero) is 1. The number of carbonyl (C=O) groups is 3. The van der Waals surface area contributed by atoms with Crippen molar-refractivity contribution in [2.45, 2.75) is 47.0 Å². The van der Waals surface area contributed by atoms with Crippen molar-refractivity contribution in [1.29, 1.82) is 0 Å². The largest absolute Gasteiger partial charge is 0.453 e. The number of nitrogens with one attached hydrogen (secondary N) is 1. The number of rotatable bonds is 5. The van der Waals surface area contributed by atoms with Gasteiger partial charge in [-0.2, -0.15) is 0 Å². The second kappa shape index (κ2) is 8.49. The van der Waals surface area contributed by atoms with Crippen molar-refractivity contribution in [3.05, 3.63) is 51.2 Å². The van der Waals surface area contributed by atoms with E-state index in [2.05, 4.69) is 12.2 Å². The van der Waals surface area contributed by atoms with Crippen molar-refractivity contribution in [1.82, 2.24) is 0 Å². The Morgan fingerprint density at radius 3 is 2.52 bits per heavy atom. The fourth-order valence-electron chi connectivity index (χ4n) is 3.15. The summed E-state index contributed by atoms with van der Waals surface area (Å²) < 4.78 is 5.24. The van der Waals surface area contributed by atoms with Gasteiger partial charge in [-0.15, -0.1) is 11.3 Å². The molecule has 1 aliphatic carbocycles. The summed E-state index contributed by atoms with van der Waals surface area (Å²) in [5, 5.41) is 2.81. The number of ketones is 1. The van der Waals surface area contributed by atoms with Crippen LogP contribution in [0.15, 0.2) is 30.3 Å². The molecular weight excluding hydrogens is 386 g/mol. The lowest BCUT2D eigenvalue weighted by Crippen LogP contribution is -2.27. The van der Waals surface area contributed by atoms with Gasteiger partial charge in [-0.3, -0.25) is 9.59 Å². The first kappa shape index (κ1) is 21.2. The predicted molar refractivity (Wildman–Crippen MR) is 115 cm³/mol. The third-order valence-corrected chi connectivity index (χ3v) is 6.23. The number of thiophene rings is 1. The van der Waals surface area contributed by atoms with Gasteiger partial charge in [0.15, 0.2) is 12.4 Å². The maximum absolute atomic E-state index is 12.3. The summed E-state index contributed by atoms with van der Waals surface area (Å²) in [5.41, 5.74) is 1.80. The lowest BCUT2D eigenvalue weighted by Gasteiger charge is -2.17. The molecule has 0 saturated heterocycles. The molecule has 0 spiro atoms. The molecule has 1 N–H and O–H groups in total. The van der Waals surface area contributed by atoms with Crippen molar-refractivity contribution in [2.24, 2.45) is 11.3 Å². The van der Waals surface area contributed by atoms with Gasteiger partial charge in [0.2, 0.25) is 5.91 Å². The van der Waals surface area contributed by atoms with Crippen LogP contribution in [0.4, 0.5) is 5.69 Å². The van der Waals surface area contributed by atoms with E-state index in [1.807, 2.05) is 26.8 Å². The second-order valence-corrected chi connectivity index (χ2v) is 9.82. The minimum atomic E-state index is -0.498. The summed E-state index contributed by atoms with van der Waals surface area (Å²) >= 11 is 1.48. The normalized spacial score (nSPS) is 16.1. The van der Waals surface area contributed by atoms with E-state index in [9.17, 15) is 14.4 Å². The number of anilines is 1. The first-order valence-corrected chi connectivity index (χ1v) is 10.7. The number of amides is 1. The molecule has 0 bridgehead atoms. The lowest BCUT2D eigenvalue weighted by atomic mass is 9.90. The molecule has 1 heterocycles. The molecule has 154 valence electrons. The van der Waals surface area contributed by atoms with Crippen molar-refractivity contribution in [3.8, 4) is 0 Å². The number of hydrogen-bond acceptors (Lipinski definition) is 5. The summed E-state index contributed by atoms with van der Waals surface area (Å²) in [6.45, 7) is 7.42. The third kappa shape index (κ3) is 5.32. The number of fused-ring (bicyclic) bond motifs is 1. The van der Waals surface area contributed by atoms with Crippen LogP contribution in [0.5, 0.6) is 0 Å². The van der Waals surface area contributed by atoms with Crippen LogP contribution in [0.25, 0.3) is 0 Å². The summed E-state index contributed by atoms with van der Waals surface area (Å²) in [6.07, 6.45) is 3.15. The van der Waals surface area contributed by atoms with E-state index >= 15 is 0 Å². The van der Waals surface area contributed by atoms with Gasteiger partial charge in [-0.05, 0) is 61.1 Å². The number of hydrogen-bond donors (Lipinski definition) is 1. The van der Waals surface area contributed by atoms with Crippen LogP contribution in [0.1, 0.15) is 64.6 Å². The molecule has 1 atom stereocenters. The number of aryl methyl sites for hydroxylation is 1. The molecule has 0 radical (unpaired) electrons. The van der Waals surface area contributed by atoms with Crippen molar-refractivity contribution in [2.75, 3.05) is 11.9 Å². The summed E-state index contributed by atoms with van der Waals surface area (Å²) in [4.78, 5) is 38.5. The van der Waals surface area contributed by atoms with E-state index in [4.69, 9.17) is 4.74 Å². The van der Waals surface area contributed by atoms with Crippen LogP contribution in [-0.2, 0) is 22.4 Å². The van der Waals surface area contributed by atoms with Crippen LogP contribution < -0.4 is 5.32 Å². The van der Waals surface area contributed by atoms with Crippen LogP contribution in [0.2, 0.25) is 0 Å². The molecule has 1 amide bonds. The van der Waals surface area contributed by atoms with Crippen LogP contribution in [0, 0.1) is 11.3 Å². The van der Waals surface area contributed by atoms with E-state index < -0.39 is 11.4 Å². The van der Waals surface area contributed by atoms with Gasteiger partial charge in [0.05, 0.1) is 0 Å². The predicted octanol–water partition coefficient (Wildman–Crippen LogP) is 4.90. The van der Waals surface area contributed by atoms with E-state index in [1.165, 1.54) is 21.8 Å². The van der Waals surface area contributed by atoms with E-state index in [1.54, 1.807) is 24.3 Å². The Morgan fingerprint density at radius 2 is 1.86 bits per heavy atom. The van der Waals surface area contributed by atoms with Crippen molar-refractivity contribution in [3.63, 3.8) is 0 Å². The molecule has 2 aromatic rings. The highest BCUT2D eigenvalue weighted by atomic mass is 32.1. The summed E-state index contributed by atoms with van der Waals surface area (Å²) in [7, 11) is 0. The molecule has 5 nitrogen and oxygen atoms in total. The monoisotopic (exact) mass is 413 g/mol. The topological polar surface area (TPSA) is 72.5 Å². The highest BCUT2D eigenvalue weighted by Crippen LogP contribution is 2.32. The Bertz CT molecular complexity index is 921. The molecule has 0 saturated carbocycles. The molecule has 1 aromatic carbocycles. The molecule has 1 aromatic heterocycles. The number of esters is 1. The highest BCUT2D eigenvalue weighted by molar-refractivity contribution is 7.14. The number of ether oxygens (including phenoxy) is 1. The van der Waals surface area contributed by atoms with Crippen LogP contribution in [-0.4, -0.2) is 24.3 Å². The number of carbonyl (C=O) groups excluding carboxylic acids is 3. The molecule has 0 aliphatic heterocycles. The Balaban J connectivity index is 1.55. The Kier molecular flexibility index (Phi) is 6.22. The second-order valence-electron chi connectivity index (χ2n) is 8.69. The highest BCUT2D eigenvalue weighted by Gasteiger charge is 2.23. The summed E-state index contributed by atoms with van der Waals surface area (Å²) in [6, 6.07) is 8.51. The standard InChI is InChI=1S/C23H27NO4S/c1-14-5-10-19-16(11-14)12-20(29-19)21(26)28-13-18(25)15-6-8-17(9-7-15)24-22(27)23(2,3)4/h6-9,12,14H,5,10-11,13H2,1-4H3,(H,24,27)/t14-/m0/s1. The van der Waals surface area contributed by atoms with Crippen molar-refractivity contribution >= 4 is 34.7 Å². The van der Waals surface area contributed by atoms with Crippen LogP contribution >= 0.6 is 11.3 Å². The lowest BCUT2D eigenvalue weighted by molar-refractivity contribution is -0.123. The molecule has 0 fully saturated rings. The third-order valence-electron chi connectivity index (χ3n) is 5.01. The zero-order chi connectivity index (χ0) is 21.2. The van der Waals surface area contributed by atoms with Gasteiger partial charge < -0.3 is 10.1 Å². The van der Waals surface area contributed by atoms with Crippen molar-refractivity contribution < 1.29 is 19.1 Å². The van der Waals surface area contributed by atoms with E-state index in [-0.39, 0.29) is 18.3 Å². The van der Waals surface area contributed by atoms with Gasteiger partial charge in [0, 0.05) is 21.5 Å². The first-order chi connectivity index (χ1) is 13.6. The minimum Gasteiger partial charge on any atom is -0.453 e. The average molecular weight is 414 g/mol. The molecule has 1 aliphatic rings. The SMILES string of the molecule is C[C@H]1CCc2sc(C(=O)OCC(=O)c3ccc(NC(=O)C(C)(C)C)cc3)cc2C1. The molecular formula is C23H27NO4S. The maximum Gasteiger partial charge on any atom is 0.348 e. The summed E-state index contributed by atoms with van der Waals surface area (Å²) in [5.74, 6) is -0.182. The zero-order valence-electron chi connectivity index (χ0n) is 17.3. The smallest absolute Gasteiger partial charge is 0.348 e. The van der Waals surface area contributed by atoms with Gasteiger partial charge in [-0.25, -0.2) is 4.79 Å². The molecule has 0 unspecified atom stereocenters. The van der Waals surface area contributed by atoms with E-state index in [0.29, 0.717) is 22.0 Å². The average Bonchev–Trinajstić information content (AvgIpc) is 3.09. The Hall–Kier alpha value is -2.47. The Labute approximate surface area is 175 Å².